The molecule has 21 heavy (non-hydrogen) atoms. The zero-order valence-electron chi connectivity index (χ0n) is 11.4. The van der Waals surface area contributed by atoms with Crippen LogP contribution < -0.4 is 4.72 Å². The van der Waals surface area contributed by atoms with Crippen molar-refractivity contribution in [3.63, 3.8) is 0 Å². The highest BCUT2D eigenvalue weighted by atomic mass is 35.5. The van der Waals surface area contributed by atoms with E-state index in [2.05, 4.69) is 9.71 Å². The van der Waals surface area contributed by atoms with Crippen molar-refractivity contribution < 1.29 is 8.42 Å². The molecule has 0 amide bonds. The van der Waals surface area contributed by atoms with E-state index in [-0.39, 0.29) is 9.92 Å². The third kappa shape index (κ3) is 4.20. The van der Waals surface area contributed by atoms with E-state index >= 15 is 0 Å². The predicted octanol–water partition coefficient (Wildman–Crippen LogP) is 2.87. The number of hydrogen-bond acceptors (Lipinski definition) is 3. The van der Waals surface area contributed by atoms with Crippen molar-refractivity contribution in [3.8, 4) is 0 Å². The lowest BCUT2D eigenvalue weighted by atomic mass is 10.2. The summed E-state index contributed by atoms with van der Waals surface area (Å²) in [5.74, 6) is 0. The van der Waals surface area contributed by atoms with Crippen molar-refractivity contribution in [1.29, 1.82) is 0 Å². The second-order valence-electron chi connectivity index (χ2n) is 4.58. The molecular weight excluding hydrogens is 333 g/mol. The molecule has 0 saturated heterocycles. The summed E-state index contributed by atoms with van der Waals surface area (Å²) in [4.78, 5) is 3.97. The Bertz CT molecular complexity index is 715. The van der Waals surface area contributed by atoms with Gasteiger partial charge in [-0.05, 0) is 31.0 Å². The first-order chi connectivity index (χ1) is 9.90. The van der Waals surface area contributed by atoms with Crippen LogP contribution >= 0.6 is 23.2 Å². The summed E-state index contributed by atoms with van der Waals surface area (Å²) < 4.78 is 28.9. The van der Waals surface area contributed by atoms with Crippen LogP contribution in [0.5, 0.6) is 0 Å². The number of nitrogens with zero attached hydrogens (tertiary/aromatic N) is 2. The maximum Gasteiger partial charge on any atom is 0.242 e. The molecular formula is C13H15Cl2N3O2S. The summed E-state index contributed by atoms with van der Waals surface area (Å²) in [5, 5.41) is 0.562. The third-order valence-corrected chi connectivity index (χ3v) is 5.28. The summed E-state index contributed by atoms with van der Waals surface area (Å²) >= 11 is 11.9. The molecule has 0 bridgehead atoms. The Kier molecular flexibility index (Phi) is 5.27. The van der Waals surface area contributed by atoms with E-state index in [1.807, 2.05) is 10.8 Å². The Hall–Kier alpha value is -1.08. The number of nitrogens with one attached hydrogen (secondary N) is 1. The number of rotatable bonds is 6. The van der Waals surface area contributed by atoms with Crippen LogP contribution in [0.3, 0.4) is 0 Å². The lowest BCUT2D eigenvalue weighted by Gasteiger charge is -2.10. The minimum absolute atomic E-state index is 0.0497. The van der Waals surface area contributed by atoms with Crippen molar-refractivity contribution in [1.82, 2.24) is 14.3 Å². The molecule has 114 valence electrons. The van der Waals surface area contributed by atoms with Gasteiger partial charge >= 0.3 is 0 Å². The van der Waals surface area contributed by atoms with Crippen LogP contribution in [0.4, 0.5) is 0 Å². The number of hydrogen-bond donors (Lipinski definition) is 1. The number of aromatic nitrogens is 2. The van der Waals surface area contributed by atoms with Gasteiger partial charge in [-0.25, -0.2) is 18.1 Å². The van der Waals surface area contributed by atoms with Crippen LogP contribution in [-0.4, -0.2) is 24.5 Å². The average Bonchev–Trinajstić information content (AvgIpc) is 2.92. The summed E-state index contributed by atoms with van der Waals surface area (Å²) in [5.41, 5.74) is 0.667. The van der Waals surface area contributed by atoms with E-state index in [0.29, 0.717) is 30.1 Å². The van der Waals surface area contributed by atoms with Gasteiger partial charge in [0.2, 0.25) is 10.0 Å². The zero-order valence-corrected chi connectivity index (χ0v) is 13.7. The first-order valence-electron chi connectivity index (χ1n) is 6.31. The van der Waals surface area contributed by atoms with Crippen LogP contribution in [0, 0.1) is 6.92 Å². The summed E-state index contributed by atoms with van der Waals surface area (Å²) in [7, 11) is -3.64. The van der Waals surface area contributed by atoms with E-state index in [1.165, 1.54) is 12.1 Å². The summed E-state index contributed by atoms with van der Waals surface area (Å²) in [6, 6.07) is 2.92. The molecule has 0 fully saturated rings. The molecule has 0 unspecified atom stereocenters. The number of halogens is 2. The van der Waals surface area contributed by atoms with Crippen molar-refractivity contribution in [2.45, 2.75) is 24.8 Å². The summed E-state index contributed by atoms with van der Waals surface area (Å²) in [6.07, 6.45) is 5.85. The normalized spacial score (nSPS) is 11.8. The molecule has 2 rings (SSSR count). The first-order valence-corrected chi connectivity index (χ1v) is 8.55. The quantitative estimate of drug-likeness (QED) is 0.817. The molecule has 1 aromatic carbocycles. The van der Waals surface area contributed by atoms with Gasteiger partial charge in [0, 0.05) is 30.5 Å². The Morgan fingerprint density at radius 2 is 2.05 bits per heavy atom. The molecule has 0 saturated carbocycles. The SMILES string of the molecule is Cc1cc(S(=O)(=O)NCCCn2ccnc2)c(Cl)cc1Cl. The molecule has 1 aromatic heterocycles. The Morgan fingerprint density at radius 3 is 2.71 bits per heavy atom. The topological polar surface area (TPSA) is 64.0 Å². The first kappa shape index (κ1) is 16.3. The minimum Gasteiger partial charge on any atom is -0.337 e. The third-order valence-electron chi connectivity index (χ3n) is 2.95. The standard InChI is InChI=1S/C13H15Cl2N3O2S/c1-10-7-13(12(15)8-11(10)14)21(19,20)17-3-2-5-18-6-4-16-9-18/h4,6-9,17H,2-3,5H2,1H3. The van der Waals surface area contributed by atoms with Gasteiger partial charge in [-0.2, -0.15) is 0 Å². The number of aryl methyl sites for hydroxylation is 2. The monoisotopic (exact) mass is 347 g/mol. The second-order valence-corrected chi connectivity index (χ2v) is 7.13. The number of sulfonamides is 1. The number of imidazole rings is 1. The largest absolute Gasteiger partial charge is 0.337 e. The van der Waals surface area contributed by atoms with Gasteiger partial charge in [-0.3, -0.25) is 0 Å². The van der Waals surface area contributed by atoms with Gasteiger partial charge in [0.1, 0.15) is 4.90 Å². The molecule has 0 radical (unpaired) electrons. The molecule has 1 N–H and O–H groups in total. The van der Waals surface area contributed by atoms with E-state index in [4.69, 9.17) is 23.2 Å². The van der Waals surface area contributed by atoms with Gasteiger partial charge in [0.05, 0.1) is 11.3 Å². The Balaban J connectivity index is 2.00. The zero-order chi connectivity index (χ0) is 15.5. The van der Waals surface area contributed by atoms with Gasteiger partial charge in [-0.1, -0.05) is 23.2 Å². The predicted molar refractivity (Wildman–Crippen MR) is 83.2 cm³/mol. The molecule has 2 aromatic rings. The van der Waals surface area contributed by atoms with Gasteiger partial charge in [0.25, 0.3) is 0 Å². The molecule has 1 heterocycles. The molecule has 5 nitrogen and oxygen atoms in total. The second kappa shape index (κ2) is 6.79. The molecule has 0 atom stereocenters. The lowest BCUT2D eigenvalue weighted by Crippen LogP contribution is -2.26. The Labute approximate surface area is 134 Å². The van der Waals surface area contributed by atoms with Crippen molar-refractivity contribution in [2.24, 2.45) is 0 Å². The fourth-order valence-electron chi connectivity index (χ4n) is 1.80. The maximum atomic E-state index is 12.2. The van der Waals surface area contributed by atoms with E-state index in [1.54, 1.807) is 19.4 Å². The van der Waals surface area contributed by atoms with Crippen LogP contribution in [-0.2, 0) is 16.6 Å². The highest BCUT2D eigenvalue weighted by molar-refractivity contribution is 7.89. The van der Waals surface area contributed by atoms with E-state index in [9.17, 15) is 8.42 Å². The van der Waals surface area contributed by atoms with Gasteiger partial charge < -0.3 is 4.57 Å². The lowest BCUT2D eigenvalue weighted by molar-refractivity contribution is 0.570. The highest BCUT2D eigenvalue weighted by Gasteiger charge is 2.18. The smallest absolute Gasteiger partial charge is 0.242 e. The molecule has 0 aliphatic rings. The summed E-state index contributed by atoms with van der Waals surface area (Å²) in [6.45, 7) is 2.74. The van der Waals surface area contributed by atoms with Gasteiger partial charge in [-0.15, -0.1) is 0 Å². The molecule has 0 aliphatic heterocycles. The van der Waals surface area contributed by atoms with Crippen LogP contribution in [0.2, 0.25) is 10.0 Å². The minimum atomic E-state index is -3.64. The van der Waals surface area contributed by atoms with Crippen molar-refractivity contribution in [2.75, 3.05) is 6.54 Å². The van der Waals surface area contributed by atoms with Gasteiger partial charge in [0.15, 0.2) is 0 Å². The van der Waals surface area contributed by atoms with Crippen LogP contribution in [0.25, 0.3) is 0 Å². The van der Waals surface area contributed by atoms with Crippen molar-refractivity contribution >= 4 is 33.2 Å². The fourth-order valence-corrected chi connectivity index (χ4v) is 3.71. The van der Waals surface area contributed by atoms with Crippen LogP contribution in [0.15, 0.2) is 35.7 Å². The molecule has 0 spiro atoms. The molecule has 0 aliphatic carbocycles. The Morgan fingerprint density at radius 1 is 1.29 bits per heavy atom. The maximum absolute atomic E-state index is 12.2. The van der Waals surface area contributed by atoms with E-state index < -0.39 is 10.0 Å². The average molecular weight is 348 g/mol. The highest BCUT2D eigenvalue weighted by Crippen LogP contribution is 2.27. The molecule has 8 heteroatoms. The van der Waals surface area contributed by atoms with Crippen molar-refractivity contribution in [3.05, 3.63) is 46.5 Å². The van der Waals surface area contributed by atoms with Crippen LogP contribution in [0.1, 0.15) is 12.0 Å². The van der Waals surface area contributed by atoms with E-state index in [0.717, 1.165) is 0 Å². The fraction of sp³-hybridized carbons (Fsp3) is 0.308. The number of benzene rings is 1.